The largest absolute Gasteiger partial charge is 0.468 e. The summed E-state index contributed by atoms with van der Waals surface area (Å²) in [7, 11) is 5.15. The van der Waals surface area contributed by atoms with Gasteiger partial charge < -0.3 is 10.1 Å². The molecule has 0 aliphatic heterocycles. The Labute approximate surface area is 119 Å². The van der Waals surface area contributed by atoms with Crippen molar-refractivity contribution in [1.29, 1.82) is 0 Å². The number of carbonyl (C=O) groups is 1. The van der Waals surface area contributed by atoms with Crippen LogP contribution < -0.4 is 5.32 Å². The number of aryl methyl sites for hydroxylation is 2. The molecule has 0 amide bonds. The van der Waals surface area contributed by atoms with Crippen LogP contribution in [0.5, 0.6) is 0 Å². The molecule has 1 aromatic rings. The molecule has 0 aliphatic rings. The van der Waals surface area contributed by atoms with Gasteiger partial charge in [0.2, 0.25) is 0 Å². The molecule has 0 saturated heterocycles. The van der Waals surface area contributed by atoms with Crippen LogP contribution in [0.25, 0.3) is 0 Å². The number of nitrogens with zero attached hydrogens (tertiary/aromatic N) is 2. The molecule has 0 saturated carbocycles. The topological polar surface area (TPSA) is 56.2 Å². The molecule has 0 spiro atoms. The number of carbonyl (C=O) groups excluding carboxylic acids is 1. The van der Waals surface area contributed by atoms with Crippen LogP contribution in [0.4, 0.5) is 0 Å². The van der Waals surface area contributed by atoms with Gasteiger partial charge in [-0.25, -0.2) is 0 Å². The Morgan fingerprint density at radius 2 is 2.32 bits per heavy atom. The minimum Gasteiger partial charge on any atom is -0.468 e. The highest BCUT2D eigenvalue weighted by atomic mass is 32.2. The second-order valence-electron chi connectivity index (χ2n) is 4.77. The second kappa shape index (κ2) is 6.96. The first-order valence-corrected chi connectivity index (χ1v) is 7.32. The molecular weight excluding hydrogens is 262 g/mol. The molecule has 0 aliphatic carbocycles. The minimum absolute atomic E-state index is 0.212. The highest BCUT2D eigenvalue weighted by Crippen LogP contribution is 2.22. The van der Waals surface area contributed by atoms with E-state index in [2.05, 4.69) is 16.5 Å². The summed E-state index contributed by atoms with van der Waals surface area (Å²) in [5, 5.41) is 8.50. The molecule has 0 bridgehead atoms. The molecule has 108 valence electrons. The molecule has 0 aromatic carbocycles. The lowest BCUT2D eigenvalue weighted by Crippen LogP contribution is -2.48. The summed E-state index contributed by atoms with van der Waals surface area (Å²) >= 11 is 1.76. The second-order valence-corrected chi connectivity index (χ2v) is 5.89. The Bertz CT molecular complexity index is 434. The number of hydrogen-bond donors (Lipinski definition) is 1. The molecule has 1 unspecified atom stereocenters. The Kier molecular flexibility index (Phi) is 5.87. The summed E-state index contributed by atoms with van der Waals surface area (Å²) in [6, 6.07) is 2.07. The van der Waals surface area contributed by atoms with E-state index in [0.29, 0.717) is 0 Å². The van der Waals surface area contributed by atoms with Gasteiger partial charge in [0.15, 0.2) is 0 Å². The van der Waals surface area contributed by atoms with Crippen molar-refractivity contribution in [1.82, 2.24) is 15.1 Å². The third kappa shape index (κ3) is 4.24. The summed E-state index contributed by atoms with van der Waals surface area (Å²) in [5.41, 5.74) is 0.428. The van der Waals surface area contributed by atoms with Gasteiger partial charge in [0.25, 0.3) is 0 Å². The van der Waals surface area contributed by atoms with Crippen molar-refractivity contribution in [2.24, 2.45) is 7.05 Å². The highest BCUT2D eigenvalue weighted by molar-refractivity contribution is 7.99. The summed E-state index contributed by atoms with van der Waals surface area (Å²) < 4.78 is 6.71. The number of thioether (sulfide) groups is 1. The predicted molar refractivity (Wildman–Crippen MR) is 77.4 cm³/mol. The first-order valence-electron chi connectivity index (χ1n) is 6.33. The number of ether oxygens (including phenoxy) is 1. The predicted octanol–water partition coefficient (Wildman–Crippen LogP) is 1.75. The third-order valence-corrected chi connectivity index (χ3v) is 4.39. The summed E-state index contributed by atoms with van der Waals surface area (Å²) in [5.74, 6) is 0.740. The number of aromatic nitrogens is 2. The smallest absolute Gasteiger partial charge is 0.325 e. The quantitative estimate of drug-likeness (QED) is 0.470. The van der Waals surface area contributed by atoms with Crippen LogP contribution in [0, 0.1) is 6.92 Å². The molecule has 1 atom stereocenters. The minimum atomic E-state index is -0.600. The fraction of sp³-hybridized carbons (Fsp3) is 0.692. The highest BCUT2D eigenvalue weighted by Gasteiger charge is 2.31. The molecule has 0 radical (unpaired) electrons. The summed E-state index contributed by atoms with van der Waals surface area (Å²) in [6.45, 7) is 3.86. The molecule has 1 N–H and O–H groups in total. The van der Waals surface area contributed by atoms with E-state index in [1.54, 1.807) is 18.8 Å². The molecule has 1 rings (SSSR count). The average Bonchev–Trinajstić information content (AvgIpc) is 2.71. The Morgan fingerprint density at radius 1 is 1.63 bits per heavy atom. The summed E-state index contributed by atoms with van der Waals surface area (Å²) in [6.07, 6.45) is 1.68. The van der Waals surface area contributed by atoms with Gasteiger partial charge in [-0.15, -0.1) is 11.8 Å². The van der Waals surface area contributed by atoms with Gasteiger partial charge >= 0.3 is 5.97 Å². The van der Waals surface area contributed by atoms with Crippen LogP contribution in [0.2, 0.25) is 0 Å². The first-order chi connectivity index (χ1) is 8.92. The lowest BCUT2D eigenvalue weighted by molar-refractivity contribution is -0.148. The van der Waals surface area contributed by atoms with Crippen LogP contribution >= 0.6 is 11.8 Å². The number of hydrogen-bond acceptors (Lipinski definition) is 5. The van der Waals surface area contributed by atoms with Crippen molar-refractivity contribution in [3.05, 3.63) is 11.8 Å². The van der Waals surface area contributed by atoms with Gasteiger partial charge in [0, 0.05) is 7.05 Å². The number of nitrogens with one attached hydrogen (secondary N) is 1. The normalized spacial score (nSPS) is 14.2. The zero-order valence-electron chi connectivity index (χ0n) is 12.3. The van der Waals surface area contributed by atoms with Crippen molar-refractivity contribution in [3.8, 4) is 0 Å². The number of rotatable bonds is 7. The Morgan fingerprint density at radius 3 is 2.79 bits per heavy atom. The van der Waals surface area contributed by atoms with E-state index in [9.17, 15) is 4.79 Å². The maximum atomic E-state index is 11.7. The lowest BCUT2D eigenvalue weighted by atomic mass is 9.97. The van der Waals surface area contributed by atoms with Gasteiger partial charge in [-0.3, -0.25) is 9.48 Å². The fourth-order valence-electron chi connectivity index (χ4n) is 1.88. The standard InChI is InChI=1S/C13H23N3O2S/c1-10-9-11(16(4)15-10)19-8-6-7-13(2,14-3)12(17)18-5/h9,14H,6-8H2,1-5H3. The van der Waals surface area contributed by atoms with Gasteiger partial charge in [0.05, 0.1) is 17.8 Å². The molecular formula is C13H23N3O2S. The SMILES string of the molecule is CNC(C)(CCCSc1cc(C)nn1C)C(=O)OC. The van der Waals surface area contributed by atoms with Crippen LogP contribution in [-0.4, -0.2) is 41.2 Å². The first kappa shape index (κ1) is 16.0. The van der Waals surface area contributed by atoms with Crippen LogP contribution in [0.1, 0.15) is 25.5 Å². The van der Waals surface area contributed by atoms with Crippen LogP contribution in [0.15, 0.2) is 11.1 Å². The van der Waals surface area contributed by atoms with E-state index in [-0.39, 0.29) is 5.97 Å². The van der Waals surface area contributed by atoms with Crippen molar-refractivity contribution in [2.45, 2.75) is 37.3 Å². The van der Waals surface area contributed by atoms with Crippen molar-refractivity contribution >= 4 is 17.7 Å². The molecule has 5 nitrogen and oxygen atoms in total. The third-order valence-electron chi connectivity index (χ3n) is 3.22. The molecule has 6 heteroatoms. The molecule has 0 fully saturated rings. The maximum Gasteiger partial charge on any atom is 0.325 e. The van der Waals surface area contributed by atoms with E-state index >= 15 is 0 Å². The fourth-order valence-corrected chi connectivity index (χ4v) is 2.86. The van der Waals surface area contributed by atoms with Crippen LogP contribution in [0.3, 0.4) is 0 Å². The van der Waals surface area contributed by atoms with Crippen molar-refractivity contribution < 1.29 is 9.53 Å². The molecule has 1 aromatic heterocycles. The van der Waals surface area contributed by atoms with E-state index < -0.39 is 5.54 Å². The Balaban J connectivity index is 2.41. The molecule has 19 heavy (non-hydrogen) atoms. The maximum absolute atomic E-state index is 11.7. The van der Waals surface area contributed by atoms with Gasteiger partial charge in [0.1, 0.15) is 5.54 Å². The van der Waals surface area contributed by atoms with Crippen molar-refractivity contribution in [2.75, 3.05) is 19.9 Å². The zero-order valence-corrected chi connectivity index (χ0v) is 13.1. The van der Waals surface area contributed by atoms with Crippen molar-refractivity contribution in [3.63, 3.8) is 0 Å². The van der Waals surface area contributed by atoms with Gasteiger partial charge in [-0.2, -0.15) is 5.10 Å². The average molecular weight is 285 g/mol. The Hall–Kier alpha value is -1.01. The van der Waals surface area contributed by atoms with E-state index in [0.717, 1.165) is 29.3 Å². The van der Waals surface area contributed by atoms with E-state index in [1.165, 1.54) is 7.11 Å². The number of methoxy groups -OCH3 is 1. The monoisotopic (exact) mass is 285 g/mol. The summed E-state index contributed by atoms with van der Waals surface area (Å²) in [4.78, 5) is 11.7. The van der Waals surface area contributed by atoms with Gasteiger partial charge in [-0.05, 0) is 45.6 Å². The van der Waals surface area contributed by atoms with E-state index in [4.69, 9.17) is 4.74 Å². The van der Waals surface area contributed by atoms with Gasteiger partial charge in [-0.1, -0.05) is 0 Å². The van der Waals surface area contributed by atoms with Crippen LogP contribution in [-0.2, 0) is 16.6 Å². The number of likely N-dealkylation sites (N-methyl/N-ethyl adjacent to an activating group) is 1. The molecule has 1 heterocycles. The van der Waals surface area contributed by atoms with E-state index in [1.807, 2.05) is 25.6 Å². The number of esters is 1. The zero-order chi connectivity index (χ0) is 14.5. The lowest BCUT2D eigenvalue weighted by Gasteiger charge is -2.25.